The van der Waals surface area contributed by atoms with Gasteiger partial charge in [-0.2, -0.15) is 0 Å². The number of anilines is 2. The van der Waals surface area contributed by atoms with Crippen LogP contribution in [0, 0.1) is 10.1 Å². The summed E-state index contributed by atoms with van der Waals surface area (Å²) in [6, 6.07) is 13.5. The van der Waals surface area contributed by atoms with Gasteiger partial charge < -0.3 is 15.5 Å². The van der Waals surface area contributed by atoms with E-state index in [1.165, 1.54) is 24.3 Å². The lowest BCUT2D eigenvalue weighted by atomic mass is 10.1. The minimum Gasteiger partial charge on any atom is -0.378 e. The third-order valence-corrected chi connectivity index (χ3v) is 3.71. The van der Waals surface area contributed by atoms with Crippen LogP contribution in [0.5, 0.6) is 0 Å². The van der Waals surface area contributed by atoms with Crippen molar-refractivity contribution in [2.24, 2.45) is 0 Å². The van der Waals surface area contributed by atoms with Crippen molar-refractivity contribution in [1.29, 1.82) is 0 Å². The average molecular weight is 356 g/mol. The Labute approximate surface area is 151 Å². The third kappa shape index (κ3) is 5.04. The van der Waals surface area contributed by atoms with Gasteiger partial charge >= 0.3 is 11.8 Å². The molecule has 0 saturated heterocycles. The van der Waals surface area contributed by atoms with Crippen LogP contribution in [-0.4, -0.2) is 37.4 Å². The van der Waals surface area contributed by atoms with Gasteiger partial charge in [-0.25, -0.2) is 0 Å². The van der Waals surface area contributed by atoms with Crippen LogP contribution >= 0.6 is 0 Å². The minimum absolute atomic E-state index is 0.0167. The molecule has 136 valence electrons. The highest BCUT2D eigenvalue weighted by Crippen LogP contribution is 2.22. The Morgan fingerprint density at radius 1 is 1.04 bits per heavy atom. The van der Waals surface area contributed by atoms with Gasteiger partial charge in [0.1, 0.15) is 5.69 Å². The summed E-state index contributed by atoms with van der Waals surface area (Å²) < 4.78 is 0. The van der Waals surface area contributed by atoms with Crippen molar-refractivity contribution in [3.8, 4) is 0 Å². The first kappa shape index (κ1) is 18.9. The van der Waals surface area contributed by atoms with E-state index in [-0.39, 0.29) is 17.9 Å². The van der Waals surface area contributed by atoms with Gasteiger partial charge in [0, 0.05) is 32.4 Å². The Morgan fingerprint density at radius 2 is 1.69 bits per heavy atom. The molecule has 26 heavy (non-hydrogen) atoms. The molecule has 0 heterocycles. The number of hydrogen-bond acceptors (Lipinski definition) is 5. The van der Waals surface area contributed by atoms with Gasteiger partial charge in [0.2, 0.25) is 0 Å². The number of hydrogen-bond donors (Lipinski definition) is 2. The first-order chi connectivity index (χ1) is 12.4. The Hall–Kier alpha value is -3.42. The van der Waals surface area contributed by atoms with Gasteiger partial charge in [-0.1, -0.05) is 24.3 Å². The number of nitrogens with zero attached hydrogens (tertiary/aromatic N) is 2. The molecular weight excluding hydrogens is 336 g/mol. The molecule has 2 amide bonds. The molecule has 0 radical (unpaired) electrons. The summed E-state index contributed by atoms with van der Waals surface area (Å²) in [7, 11) is 3.90. The first-order valence-electron chi connectivity index (χ1n) is 7.97. The molecule has 0 saturated carbocycles. The van der Waals surface area contributed by atoms with Gasteiger partial charge in [0.05, 0.1) is 4.92 Å². The Bertz CT molecular complexity index is 803. The monoisotopic (exact) mass is 356 g/mol. The molecular formula is C18H20N4O4. The number of nitrogens with one attached hydrogen (secondary N) is 2. The van der Waals surface area contributed by atoms with Crippen molar-refractivity contribution in [3.63, 3.8) is 0 Å². The highest BCUT2D eigenvalue weighted by Gasteiger charge is 2.19. The molecule has 0 atom stereocenters. The molecule has 2 N–H and O–H groups in total. The number of benzene rings is 2. The van der Waals surface area contributed by atoms with E-state index >= 15 is 0 Å². The maximum atomic E-state index is 11.9. The number of para-hydroxylation sites is 2. The second-order valence-electron chi connectivity index (χ2n) is 5.80. The molecule has 2 aromatic rings. The van der Waals surface area contributed by atoms with Crippen molar-refractivity contribution < 1.29 is 14.5 Å². The lowest BCUT2D eigenvalue weighted by Gasteiger charge is -2.12. The molecule has 0 bridgehead atoms. The van der Waals surface area contributed by atoms with Crippen LogP contribution in [0.3, 0.4) is 0 Å². The van der Waals surface area contributed by atoms with E-state index < -0.39 is 16.7 Å². The fourth-order valence-electron chi connectivity index (χ4n) is 2.28. The van der Waals surface area contributed by atoms with Gasteiger partial charge in [0.15, 0.2) is 0 Å². The number of amides is 2. The number of carbonyl (C=O) groups excluding carboxylic acids is 2. The quantitative estimate of drug-likeness (QED) is 0.468. The van der Waals surface area contributed by atoms with Gasteiger partial charge in [-0.15, -0.1) is 0 Å². The van der Waals surface area contributed by atoms with Crippen molar-refractivity contribution in [1.82, 2.24) is 5.32 Å². The predicted molar refractivity (Wildman–Crippen MR) is 99.2 cm³/mol. The second-order valence-corrected chi connectivity index (χ2v) is 5.80. The minimum atomic E-state index is -0.942. The molecule has 8 heteroatoms. The molecule has 0 spiro atoms. The van der Waals surface area contributed by atoms with Gasteiger partial charge in [-0.05, 0) is 30.2 Å². The fourth-order valence-corrected chi connectivity index (χ4v) is 2.28. The molecule has 0 aliphatic rings. The van der Waals surface area contributed by atoms with Crippen molar-refractivity contribution >= 4 is 28.9 Å². The van der Waals surface area contributed by atoms with Crippen LogP contribution in [-0.2, 0) is 16.0 Å². The Kier molecular flexibility index (Phi) is 6.26. The second kappa shape index (κ2) is 8.61. The summed E-state index contributed by atoms with van der Waals surface area (Å²) in [4.78, 5) is 36.0. The number of nitro benzene ring substituents is 1. The zero-order valence-electron chi connectivity index (χ0n) is 14.6. The Balaban J connectivity index is 1.86. The van der Waals surface area contributed by atoms with E-state index in [9.17, 15) is 19.7 Å². The van der Waals surface area contributed by atoms with Gasteiger partial charge in [0.25, 0.3) is 5.69 Å². The molecule has 8 nitrogen and oxygen atoms in total. The predicted octanol–water partition coefficient (Wildman–Crippen LogP) is 1.96. The van der Waals surface area contributed by atoms with Crippen LogP contribution in [0.25, 0.3) is 0 Å². The van der Waals surface area contributed by atoms with Crippen LogP contribution in [0.2, 0.25) is 0 Å². The molecule has 2 rings (SSSR count). The topological polar surface area (TPSA) is 105 Å². The highest BCUT2D eigenvalue weighted by atomic mass is 16.6. The third-order valence-electron chi connectivity index (χ3n) is 3.71. The van der Waals surface area contributed by atoms with Crippen molar-refractivity contribution in [2.75, 3.05) is 30.9 Å². The summed E-state index contributed by atoms with van der Waals surface area (Å²) in [5.41, 5.74) is 1.81. The molecule has 0 aromatic heterocycles. The van der Waals surface area contributed by atoms with E-state index in [2.05, 4.69) is 10.6 Å². The van der Waals surface area contributed by atoms with E-state index in [1.807, 2.05) is 43.3 Å². The first-order valence-corrected chi connectivity index (χ1v) is 7.97. The maximum Gasteiger partial charge on any atom is 0.313 e. The average Bonchev–Trinajstić information content (AvgIpc) is 2.62. The van der Waals surface area contributed by atoms with Gasteiger partial charge in [-0.3, -0.25) is 19.7 Å². The van der Waals surface area contributed by atoms with Crippen LogP contribution < -0.4 is 15.5 Å². The zero-order chi connectivity index (χ0) is 19.1. The van der Waals surface area contributed by atoms with Crippen molar-refractivity contribution in [3.05, 3.63) is 64.2 Å². The zero-order valence-corrected chi connectivity index (χ0v) is 14.6. The van der Waals surface area contributed by atoms with E-state index in [0.29, 0.717) is 6.42 Å². The van der Waals surface area contributed by atoms with E-state index in [0.717, 1.165) is 11.3 Å². The number of rotatable bonds is 6. The molecule has 0 aliphatic heterocycles. The molecule has 0 fully saturated rings. The van der Waals surface area contributed by atoms with Crippen molar-refractivity contribution in [2.45, 2.75) is 6.42 Å². The normalized spacial score (nSPS) is 10.1. The van der Waals surface area contributed by atoms with Crippen LogP contribution in [0.15, 0.2) is 48.5 Å². The smallest absolute Gasteiger partial charge is 0.313 e. The lowest BCUT2D eigenvalue weighted by molar-refractivity contribution is -0.383. The standard InChI is InChI=1S/C18H20N4O4/c1-21(2)14-9-7-13(8-10-14)11-12-19-17(23)18(24)20-15-5-3-4-6-16(15)22(25)26/h3-10H,11-12H2,1-2H3,(H,19,23)(H,20,24). The lowest BCUT2D eigenvalue weighted by Crippen LogP contribution is -2.36. The van der Waals surface area contributed by atoms with Crippen LogP contribution in [0.4, 0.5) is 17.1 Å². The van der Waals surface area contributed by atoms with E-state index in [1.54, 1.807) is 0 Å². The summed E-state index contributed by atoms with van der Waals surface area (Å²) in [5, 5.41) is 15.7. The number of carbonyl (C=O) groups is 2. The maximum absolute atomic E-state index is 11.9. The SMILES string of the molecule is CN(C)c1ccc(CCNC(=O)C(=O)Nc2ccccc2[N+](=O)[O-])cc1. The summed E-state index contributed by atoms with van der Waals surface area (Å²) >= 11 is 0. The fraction of sp³-hybridized carbons (Fsp3) is 0.222. The largest absolute Gasteiger partial charge is 0.378 e. The van der Waals surface area contributed by atoms with Crippen LogP contribution in [0.1, 0.15) is 5.56 Å². The summed E-state index contributed by atoms with van der Waals surface area (Å²) in [5.74, 6) is -1.78. The highest BCUT2D eigenvalue weighted by molar-refractivity contribution is 6.39. The molecule has 0 unspecified atom stereocenters. The molecule has 0 aliphatic carbocycles. The summed E-state index contributed by atoms with van der Waals surface area (Å²) in [6.07, 6.45) is 0.568. The number of nitro groups is 1. The Morgan fingerprint density at radius 3 is 2.31 bits per heavy atom. The summed E-state index contributed by atoms with van der Waals surface area (Å²) in [6.45, 7) is 0.282. The molecule has 2 aromatic carbocycles. The van der Waals surface area contributed by atoms with E-state index in [4.69, 9.17) is 0 Å².